The van der Waals surface area contributed by atoms with Gasteiger partial charge in [-0.05, 0) is 32.4 Å². The minimum Gasteiger partial charge on any atom is -0.507 e. The highest BCUT2D eigenvalue weighted by atomic mass is 16.6. The van der Waals surface area contributed by atoms with Gasteiger partial charge in [-0.15, -0.1) is 0 Å². The summed E-state index contributed by atoms with van der Waals surface area (Å²) in [5.41, 5.74) is -0.633. The van der Waals surface area contributed by atoms with Gasteiger partial charge < -0.3 is 14.6 Å². The molecule has 0 saturated heterocycles. The van der Waals surface area contributed by atoms with E-state index in [1.54, 1.807) is 50.2 Å². The summed E-state index contributed by atoms with van der Waals surface area (Å²) in [5, 5.41) is 11.0. The maximum absolute atomic E-state index is 11.9. The Morgan fingerprint density at radius 2 is 1.74 bits per heavy atom. The van der Waals surface area contributed by atoms with E-state index in [-0.39, 0.29) is 5.75 Å². The van der Waals surface area contributed by atoms with Crippen LogP contribution in [0.25, 0.3) is 10.8 Å². The lowest BCUT2D eigenvalue weighted by atomic mass is 9.91. The summed E-state index contributed by atoms with van der Waals surface area (Å²) in [7, 11) is 0. The normalized spacial score (nSPS) is 11.3. The van der Waals surface area contributed by atoms with Gasteiger partial charge in [-0.1, -0.05) is 31.2 Å². The highest BCUT2D eigenvalue weighted by Gasteiger charge is 2.27. The van der Waals surface area contributed by atoms with Crippen LogP contribution in [0.15, 0.2) is 36.4 Å². The predicted molar refractivity (Wildman–Crippen MR) is 86.3 cm³/mol. The zero-order chi connectivity index (χ0) is 17.0. The monoisotopic (exact) mass is 316 g/mol. The highest BCUT2D eigenvalue weighted by molar-refractivity contribution is 5.94. The first-order valence-corrected chi connectivity index (χ1v) is 7.44. The van der Waals surface area contributed by atoms with Gasteiger partial charge in [0.2, 0.25) is 0 Å². The predicted octanol–water partition coefficient (Wildman–Crippen LogP) is 3.43. The minimum absolute atomic E-state index is 0.108. The molecule has 0 saturated carbocycles. The summed E-state index contributed by atoms with van der Waals surface area (Å²) < 4.78 is 10.3. The molecule has 0 aliphatic rings. The van der Waals surface area contributed by atoms with Crippen LogP contribution in [0, 0.1) is 5.41 Å². The van der Waals surface area contributed by atoms with Crippen molar-refractivity contribution in [2.24, 2.45) is 5.41 Å². The molecule has 2 aromatic rings. The largest absolute Gasteiger partial charge is 0.507 e. The third-order valence-corrected chi connectivity index (χ3v) is 3.84. The van der Waals surface area contributed by atoms with E-state index in [1.807, 2.05) is 6.92 Å². The second kappa shape index (κ2) is 6.69. The van der Waals surface area contributed by atoms with Crippen molar-refractivity contribution in [3.05, 3.63) is 36.4 Å². The molecule has 1 N–H and O–H groups in total. The molecule has 0 aliphatic heterocycles. The topological polar surface area (TPSA) is 72.8 Å². The summed E-state index contributed by atoms with van der Waals surface area (Å²) in [5.74, 6) is -0.681. The smallest absolute Gasteiger partial charge is 0.349 e. The summed E-state index contributed by atoms with van der Waals surface area (Å²) in [4.78, 5) is 23.7. The third kappa shape index (κ3) is 3.80. The lowest BCUT2D eigenvalue weighted by Crippen LogP contribution is -2.29. The number of phenols is 1. The number of hydrogen-bond donors (Lipinski definition) is 1. The molecule has 5 nitrogen and oxygen atoms in total. The molecule has 0 fully saturated rings. The fourth-order valence-electron chi connectivity index (χ4n) is 1.97. The van der Waals surface area contributed by atoms with E-state index < -0.39 is 24.0 Å². The molecule has 0 atom stereocenters. The second-order valence-electron chi connectivity index (χ2n) is 5.92. The molecule has 23 heavy (non-hydrogen) atoms. The standard InChI is InChI=1S/C18H20O5/c1-4-18(2,3)17(21)22-11-16(20)23-15-10-6-7-12-13(15)8-5-9-14(12)19/h5-10,19H,4,11H2,1-3H3. The quantitative estimate of drug-likeness (QED) is 0.676. The van der Waals surface area contributed by atoms with E-state index in [9.17, 15) is 14.7 Å². The van der Waals surface area contributed by atoms with E-state index >= 15 is 0 Å². The summed E-state index contributed by atoms with van der Waals surface area (Å²) >= 11 is 0. The van der Waals surface area contributed by atoms with Crippen molar-refractivity contribution in [3.8, 4) is 11.5 Å². The first-order chi connectivity index (χ1) is 10.8. The molecule has 0 aliphatic carbocycles. The van der Waals surface area contributed by atoms with Crippen LogP contribution in [-0.4, -0.2) is 23.7 Å². The van der Waals surface area contributed by atoms with Gasteiger partial charge in [-0.25, -0.2) is 4.79 Å². The maximum atomic E-state index is 11.9. The van der Waals surface area contributed by atoms with Gasteiger partial charge in [-0.2, -0.15) is 0 Å². The van der Waals surface area contributed by atoms with Crippen LogP contribution in [0.4, 0.5) is 0 Å². The molecule has 0 amide bonds. The average molecular weight is 316 g/mol. The number of phenolic OH excluding ortho intramolecular Hbond substituents is 1. The van der Waals surface area contributed by atoms with Gasteiger partial charge in [0.1, 0.15) is 11.5 Å². The lowest BCUT2D eigenvalue weighted by Gasteiger charge is -2.19. The van der Waals surface area contributed by atoms with Crippen molar-refractivity contribution >= 4 is 22.7 Å². The van der Waals surface area contributed by atoms with E-state index in [2.05, 4.69) is 0 Å². The molecule has 122 valence electrons. The van der Waals surface area contributed by atoms with Gasteiger partial charge in [0.15, 0.2) is 6.61 Å². The van der Waals surface area contributed by atoms with Crippen LogP contribution in [-0.2, 0) is 14.3 Å². The highest BCUT2D eigenvalue weighted by Crippen LogP contribution is 2.31. The van der Waals surface area contributed by atoms with Crippen molar-refractivity contribution < 1.29 is 24.2 Å². The van der Waals surface area contributed by atoms with E-state index in [0.717, 1.165) is 0 Å². The fourth-order valence-corrected chi connectivity index (χ4v) is 1.97. The number of fused-ring (bicyclic) bond motifs is 1. The number of aromatic hydroxyl groups is 1. The molecule has 2 aromatic carbocycles. The Labute approximate surface area is 134 Å². The summed E-state index contributed by atoms with van der Waals surface area (Å²) in [6.07, 6.45) is 0.615. The van der Waals surface area contributed by atoms with Crippen LogP contribution in [0.3, 0.4) is 0 Å². The summed E-state index contributed by atoms with van der Waals surface area (Å²) in [6.45, 7) is 4.95. The van der Waals surface area contributed by atoms with E-state index in [4.69, 9.17) is 9.47 Å². The Hall–Kier alpha value is -2.56. The van der Waals surface area contributed by atoms with Crippen LogP contribution >= 0.6 is 0 Å². The molecule has 0 spiro atoms. The van der Waals surface area contributed by atoms with Gasteiger partial charge in [0, 0.05) is 10.8 Å². The number of benzene rings is 2. The number of hydrogen-bond acceptors (Lipinski definition) is 5. The van der Waals surface area contributed by atoms with Crippen molar-refractivity contribution in [1.82, 2.24) is 0 Å². The van der Waals surface area contributed by atoms with Crippen LogP contribution in [0.2, 0.25) is 0 Å². The Morgan fingerprint density at radius 1 is 1.09 bits per heavy atom. The third-order valence-electron chi connectivity index (χ3n) is 3.84. The molecule has 5 heteroatoms. The van der Waals surface area contributed by atoms with Gasteiger partial charge in [0.25, 0.3) is 0 Å². The fraction of sp³-hybridized carbons (Fsp3) is 0.333. The molecular formula is C18H20O5. The van der Waals surface area contributed by atoms with Crippen LogP contribution in [0.5, 0.6) is 11.5 Å². The van der Waals surface area contributed by atoms with Gasteiger partial charge in [0.05, 0.1) is 5.41 Å². The second-order valence-corrected chi connectivity index (χ2v) is 5.92. The first-order valence-electron chi connectivity index (χ1n) is 7.44. The molecule has 2 rings (SSSR count). The number of ether oxygens (including phenoxy) is 2. The number of esters is 2. The van der Waals surface area contributed by atoms with Gasteiger partial charge in [-0.3, -0.25) is 4.79 Å². The SMILES string of the molecule is CCC(C)(C)C(=O)OCC(=O)Oc1cccc2c(O)cccc12. The number of rotatable bonds is 5. The first kappa shape index (κ1) is 16.8. The Bertz CT molecular complexity index is 733. The lowest BCUT2D eigenvalue weighted by molar-refractivity contribution is -0.161. The van der Waals surface area contributed by atoms with Crippen LogP contribution < -0.4 is 4.74 Å². The Balaban J connectivity index is 2.07. The number of carbonyl (C=O) groups is 2. The molecule has 0 aromatic heterocycles. The Morgan fingerprint density at radius 3 is 2.43 bits per heavy atom. The molecule has 0 heterocycles. The average Bonchev–Trinajstić information content (AvgIpc) is 2.53. The van der Waals surface area contributed by atoms with Crippen LogP contribution in [0.1, 0.15) is 27.2 Å². The maximum Gasteiger partial charge on any atom is 0.349 e. The molecular weight excluding hydrogens is 296 g/mol. The van der Waals surface area contributed by atoms with Crippen molar-refractivity contribution in [2.45, 2.75) is 27.2 Å². The van der Waals surface area contributed by atoms with Crippen molar-refractivity contribution in [2.75, 3.05) is 6.61 Å². The molecule has 0 unspecified atom stereocenters. The zero-order valence-electron chi connectivity index (χ0n) is 13.5. The minimum atomic E-state index is -0.666. The van der Waals surface area contributed by atoms with Crippen molar-refractivity contribution in [3.63, 3.8) is 0 Å². The Kier molecular flexibility index (Phi) is 4.89. The van der Waals surface area contributed by atoms with Crippen molar-refractivity contribution in [1.29, 1.82) is 0 Å². The molecule has 0 bridgehead atoms. The van der Waals surface area contributed by atoms with E-state index in [1.165, 1.54) is 0 Å². The van der Waals surface area contributed by atoms with E-state index in [0.29, 0.717) is 22.9 Å². The number of carbonyl (C=O) groups excluding carboxylic acids is 2. The molecule has 0 radical (unpaired) electrons. The summed E-state index contributed by atoms with van der Waals surface area (Å²) in [6, 6.07) is 9.99. The van der Waals surface area contributed by atoms with Gasteiger partial charge >= 0.3 is 11.9 Å². The zero-order valence-corrected chi connectivity index (χ0v) is 13.5.